The zero-order valence-electron chi connectivity index (χ0n) is 9.82. The Balaban J connectivity index is 0.000000184. The first kappa shape index (κ1) is 14.0. The van der Waals surface area contributed by atoms with Gasteiger partial charge in [-0.2, -0.15) is 0 Å². The van der Waals surface area contributed by atoms with Crippen molar-refractivity contribution in [2.75, 3.05) is 0 Å². The summed E-state index contributed by atoms with van der Waals surface area (Å²) in [7, 11) is 0. The van der Waals surface area contributed by atoms with Crippen molar-refractivity contribution in [3.63, 3.8) is 0 Å². The van der Waals surface area contributed by atoms with Crippen LogP contribution in [0.1, 0.15) is 11.1 Å². The number of hydrogen-bond donors (Lipinski definition) is 4. The number of aliphatic hydroxyl groups excluding tert-OH is 2. The molecule has 0 bridgehead atoms. The van der Waals surface area contributed by atoms with Gasteiger partial charge in [0.2, 0.25) is 0 Å². The Morgan fingerprint density at radius 3 is 1.17 bits per heavy atom. The fraction of sp³-hybridized carbons (Fsp3) is 0.143. The number of rotatable bonds is 2. The number of phenolic OH excluding ortho intramolecular Hbond substituents is 2. The standard InChI is InChI=1S/C8H10O2.C6H6O2/c9-5-7-1-2-8(6-10)4-3-7;7-5-3-1-2-4-6(5)8/h1-4,9-10H,5-6H2;1-4,7-8H. The minimum atomic E-state index is -0.0764. The van der Waals surface area contributed by atoms with Gasteiger partial charge in [-0.1, -0.05) is 36.4 Å². The number of hydrogen-bond acceptors (Lipinski definition) is 4. The molecule has 0 saturated heterocycles. The van der Waals surface area contributed by atoms with Crippen LogP contribution in [0.4, 0.5) is 0 Å². The number of aliphatic hydroxyl groups is 2. The van der Waals surface area contributed by atoms with E-state index in [9.17, 15) is 0 Å². The molecule has 0 spiro atoms. The SMILES string of the molecule is OCc1ccc(CO)cc1.Oc1ccccc1O. The molecule has 2 rings (SSSR count). The highest BCUT2D eigenvalue weighted by molar-refractivity contribution is 5.36. The van der Waals surface area contributed by atoms with E-state index in [4.69, 9.17) is 20.4 Å². The van der Waals surface area contributed by atoms with E-state index < -0.39 is 0 Å². The first-order valence-corrected chi connectivity index (χ1v) is 5.44. The minimum Gasteiger partial charge on any atom is -0.504 e. The summed E-state index contributed by atoms with van der Waals surface area (Å²) in [6.07, 6.45) is 0. The molecule has 0 amide bonds. The van der Waals surface area contributed by atoms with Crippen molar-refractivity contribution in [2.24, 2.45) is 0 Å². The van der Waals surface area contributed by atoms with Gasteiger partial charge in [-0.15, -0.1) is 0 Å². The lowest BCUT2D eigenvalue weighted by Crippen LogP contribution is -1.85. The van der Waals surface area contributed by atoms with Gasteiger partial charge in [0.1, 0.15) is 0 Å². The Morgan fingerprint density at radius 2 is 0.944 bits per heavy atom. The second-order valence-electron chi connectivity index (χ2n) is 3.62. The Bertz CT molecular complexity index is 421. The van der Waals surface area contributed by atoms with Crippen molar-refractivity contribution in [1.29, 1.82) is 0 Å². The highest BCUT2D eigenvalue weighted by Gasteiger charge is 1.90. The normalized spacial score (nSPS) is 9.44. The van der Waals surface area contributed by atoms with Crippen LogP contribution in [0.15, 0.2) is 48.5 Å². The molecule has 0 aliphatic heterocycles. The molecule has 2 aromatic carbocycles. The molecule has 4 heteroatoms. The van der Waals surface area contributed by atoms with Crippen molar-refractivity contribution in [1.82, 2.24) is 0 Å². The average molecular weight is 248 g/mol. The number of phenols is 2. The van der Waals surface area contributed by atoms with Gasteiger partial charge >= 0.3 is 0 Å². The van der Waals surface area contributed by atoms with Crippen LogP contribution in [-0.4, -0.2) is 20.4 Å². The van der Waals surface area contributed by atoms with E-state index in [1.807, 2.05) is 0 Å². The number of aromatic hydroxyl groups is 2. The van der Waals surface area contributed by atoms with E-state index >= 15 is 0 Å². The van der Waals surface area contributed by atoms with Crippen molar-refractivity contribution in [2.45, 2.75) is 13.2 Å². The minimum absolute atomic E-state index is 0.0612. The molecule has 96 valence electrons. The molecule has 0 radical (unpaired) electrons. The van der Waals surface area contributed by atoms with Crippen LogP contribution in [0, 0.1) is 0 Å². The summed E-state index contributed by atoms with van der Waals surface area (Å²) in [5.74, 6) is -0.153. The third kappa shape index (κ3) is 4.45. The maximum atomic E-state index is 8.67. The molecule has 0 atom stereocenters. The monoisotopic (exact) mass is 248 g/mol. The van der Waals surface area contributed by atoms with Crippen molar-refractivity contribution in [3.8, 4) is 11.5 Å². The Labute approximate surface area is 105 Å². The smallest absolute Gasteiger partial charge is 0.157 e. The van der Waals surface area contributed by atoms with E-state index in [1.54, 1.807) is 36.4 Å². The Kier molecular flexibility index (Phi) is 5.70. The van der Waals surface area contributed by atoms with Crippen LogP contribution < -0.4 is 0 Å². The van der Waals surface area contributed by atoms with Crippen LogP contribution in [-0.2, 0) is 13.2 Å². The van der Waals surface area contributed by atoms with E-state index in [1.165, 1.54) is 12.1 Å². The third-order valence-corrected chi connectivity index (χ3v) is 2.27. The van der Waals surface area contributed by atoms with E-state index in [0.29, 0.717) is 0 Å². The van der Waals surface area contributed by atoms with Crippen molar-refractivity contribution >= 4 is 0 Å². The van der Waals surface area contributed by atoms with E-state index in [0.717, 1.165) is 11.1 Å². The summed E-state index contributed by atoms with van der Waals surface area (Å²) in [4.78, 5) is 0. The highest BCUT2D eigenvalue weighted by atomic mass is 16.3. The van der Waals surface area contributed by atoms with Gasteiger partial charge in [-0.05, 0) is 23.3 Å². The fourth-order valence-corrected chi connectivity index (χ4v) is 1.21. The molecule has 0 aliphatic carbocycles. The van der Waals surface area contributed by atoms with Crippen LogP contribution in [0.25, 0.3) is 0 Å². The molecule has 0 heterocycles. The summed E-state index contributed by atoms with van der Waals surface area (Å²) in [6, 6.07) is 13.3. The second-order valence-corrected chi connectivity index (χ2v) is 3.62. The van der Waals surface area contributed by atoms with Crippen molar-refractivity contribution in [3.05, 3.63) is 59.7 Å². The lowest BCUT2D eigenvalue weighted by molar-refractivity contribution is 0.278. The number of benzene rings is 2. The first-order chi connectivity index (χ1) is 8.67. The molecule has 18 heavy (non-hydrogen) atoms. The molecule has 4 N–H and O–H groups in total. The summed E-state index contributed by atoms with van der Waals surface area (Å²) < 4.78 is 0. The molecule has 0 aromatic heterocycles. The van der Waals surface area contributed by atoms with Crippen molar-refractivity contribution < 1.29 is 20.4 Å². The molecular formula is C14H16O4. The van der Waals surface area contributed by atoms with Gasteiger partial charge in [-0.25, -0.2) is 0 Å². The summed E-state index contributed by atoms with van der Waals surface area (Å²) in [5.41, 5.74) is 1.74. The maximum absolute atomic E-state index is 8.67. The Morgan fingerprint density at radius 1 is 0.611 bits per heavy atom. The van der Waals surface area contributed by atoms with E-state index in [2.05, 4.69) is 0 Å². The average Bonchev–Trinajstić information content (AvgIpc) is 2.43. The fourth-order valence-electron chi connectivity index (χ4n) is 1.21. The van der Waals surface area contributed by atoms with Gasteiger partial charge in [0.05, 0.1) is 13.2 Å². The van der Waals surface area contributed by atoms with Crippen LogP contribution in [0.5, 0.6) is 11.5 Å². The third-order valence-electron chi connectivity index (χ3n) is 2.27. The zero-order chi connectivity index (χ0) is 13.4. The molecule has 4 nitrogen and oxygen atoms in total. The predicted octanol–water partition coefficient (Wildman–Crippen LogP) is 1.77. The van der Waals surface area contributed by atoms with Gasteiger partial charge in [-0.3, -0.25) is 0 Å². The maximum Gasteiger partial charge on any atom is 0.157 e. The molecule has 2 aromatic rings. The largest absolute Gasteiger partial charge is 0.504 e. The van der Waals surface area contributed by atoms with Crippen LogP contribution in [0.3, 0.4) is 0 Å². The zero-order valence-corrected chi connectivity index (χ0v) is 9.82. The van der Waals surface area contributed by atoms with Gasteiger partial charge in [0.25, 0.3) is 0 Å². The van der Waals surface area contributed by atoms with Gasteiger partial charge in [0, 0.05) is 0 Å². The molecule has 0 aliphatic rings. The second kappa shape index (κ2) is 7.32. The quantitative estimate of drug-likeness (QED) is 0.611. The van der Waals surface area contributed by atoms with Gasteiger partial charge in [0.15, 0.2) is 11.5 Å². The molecule has 0 saturated carbocycles. The first-order valence-electron chi connectivity index (χ1n) is 5.44. The lowest BCUT2D eigenvalue weighted by Gasteiger charge is -1.96. The summed E-state index contributed by atoms with van der Waals surface area (Å²) in [5, 5.41) is 34.6. The van der Waals surface area contributed by atoms with E-state index in [-0.39, 0.29) is 24.7 Å². The van der Waals surface area contributed by atoms with Crippen LogP contribution in [0.2, 0.25) is 0 Å². The molecule has 0 unspecified atom stereocenters. The van der Waals surface area contributed by atoms with Gasteiger partial charge < -0.3 is 20.4 Å². The summed E-state index contributed by atoms with van der Waals surface area (Å²) >= 11 is 0. The number of para-hydroxylation sites is 2. The molecular weight excluding hydrogens is 232 g/mol. The predicted molar refractivity (Wildman–Crippen MR) is 68.1 cm³/mol. The van der Waals surface area contributed by atoms with Crippen LogP contribution >= 0.6 is 0 Å². The highest BCUT2D eigenvalue weighted by Crippen LogP contribution is 2.21. The Hall–Kier alpha value is -2.04. The molecule has 0 fully saturated rings. The topological polar surface area (TPSA) is 80.9 Å². The summed E-state index contributed by atoms with van der Waals surface area (Å²) in [6.45, 7) is 0.122. The lowest BCUT2D eigenvalue weighted by atomic mass is 10.1.